The molecule has 3 N–H and O–H groups in total. The maximum absolute atomic E-state index is 10.6. The van der Waals surface area contributed by atoms with Crippen molar-refractivity contribution in [2.24, 2.45) is 5.92 Å². The second-order valence-corrected chi connectivity index (χ2v) is 7.15. The van der Waals surface area contributed by atoms with E-state index < -0.39 is 0 Å². The summed E-state index contributed by atoms with van der Waals surface area (Å²) >= 11 is 5.94. The number of nitrogens with one attached hydrogen (secondary N) is 1. The first kappa shape index (κ1) is 19.1. The van der Waals surface area contributed by atoms with Gasteiger partial charge in [0.15, 0.2) is 0 Å². The van der Waals surface area contributed by atoms with Gasteiger partial charge in [0.25, 0.3) is 0 Å². The van der Waals surface area contributed by atoms with E-state index in [1.807, 2.05) is 36.4 Å². The van der Waals surface area contributed by atoms with Crippen molar-refractivity contribution in [1.29, 1.82) is 0 Å². The van der Waals surface area contributed by atoms with Crippen molar-refractivity contribution in [1.82, 2.24) is 0 Å². The molecular weight excluding hydrogens is 362 g/mol. The number of nitrogens with two attached hydrogens (primary N) is 1. The van der Waals surface area contributed by atoms with Crippen LogP contribution in [0.4, 0.5) is 17.1 Å². The molecule has 2 aromatic carbocycles. The number of hydrogen-bond acceptors (Lipinski definition) is 5. The zero-order valence-electron chi connectivity index (χ0n) is 15.2. The Labute approximate surface area is 164 Å². The average molecular weight is 386 g/mol. The summed E-state index contributed by atoms with van der Waals surface area (Å²) in [5, 5.41) is 3.87. The third-order valence-corrected chi connectivity index (χ3v) is 4.86. The molecule has 0 radical (unpaired) electrons. The number of hydrogen-bond donors (Lipinski definition) is 2. The van der Waals surface area contributed by atoms with Gasteiger partial charge in [0.1, 0.15) is 18.6 Å². The molecule has 2 heterocycles. The number of piperidine rings is 1. The summed E-state index contributed by atoms with van der Waals surface area (Å²) in [4.78, 5) is 12.9. The molecule has 0 aromatic heterocycles. The topological polar surface area (TPSA) is 67.6 Å². The van der Waals surface area contributed by atoms with Crippen LogP contribution >= 0.6 is 11.6 Å². The van der Waals surface area contributed by atoms with E-state index in [-0.39, 0.29) is 5.92 Å². The molecule has 6 heteroatoms. The number of halogens is 1. The minimum atomic E-state index is 0.250. The van der Waals surface area contributed by atoms with E-state index in [0.29, 0.717) is 6.61 Å². The Morgan fingerprint density at radius 2 is 2.00 bits per heavy atom. The van der Waals surface area contributed by atoms with Crippen LogP contribution in [0.5, 0.6) is 5.75 Å². The zero-order chi connectivity index (χ0) is 19.2. The summed E-state index contributed by atoms with van der Waals surface area (Å²) in [5.74, 6) is 1.08. The molecule has 27 heavy (non-hydrogen) atoms. The second-order valence-electron chi connectivity index (χ2n) is 6.71. The number of carbonyl (C=O) groups excluding carboxylic acids is 1. The van der Waals surface area contributed by atoms with Crippen molar-refractivity contribution < 1.29 is 9.53 Å². The molecule has 142 valence electrons. The largest absolute Gasteiger partial charge is 0.485 e. The van der Waals surface area contributed by atoms with Gasteiger partial charge in [0.2, 0.25) is 0 Å². The van der Waals surface area contributed by atoms with Crippen LogP contribution in [0.25, 0.3) is 0 Å². The van der Waals surface area contributed by atoms with Crippen molar-refractivity contribution in [3.8, 4) is 5.75 Å². The lowest BCUT2D eigenvalue weighted by molar-refractivity contribution is -0.111. The quantitative estimate of drug-likeness (QED) is 0.594. The van der Waals surface area contributed by atoms with Crippen LogP contribution < -0.4 is 20.7 Å². The molecule has 1 fully saturated rings. The fourth-order valence-corrected chi connectivity index (χ4v) is 3.31. The van der Waals surface area contributed by atoms with Crippen LogP contribution in [-0.2, 0) is 4.79 Å². The number of nitrogens with zero attached hydrogens (tertiary/aromatic N) is 1. The Hall–Kier alpha value is -2.66. The van der Waals surface area contributed by atoms with Crippen molar-refractivity contribution >= 4 is 34.9 Å². The van der Waals surface area contributed by atoms with Crippen LogP contribution in [0.3, 0.4) is 0 Å². The lowest BCUT2D eigenvalue weighted by atomic mass is 9.98. The smallest absolute Gasteiger partial charge is 0.143 e. The monoisotopic (exact) mass is 385 g/mol. The number of nitrogen functional groups attached to an aromatic ring is 1. The number of anilines is 3. The number of ether oxygens (including phenoxy) is 1. The lowest BCUT2D eigenvalue weighted by Gasteiger charge is -2.31. The van der Waals surface area contributed by atoms with E-state index in [1.54, 1.807) is 0 Å². The molecule has 5 nitrogen and oxygen atoms in total. The van der Waals surface area contributed by atoms with E-state index in [9.17, 15) is 4.79 Å². The average Bonchev–Trinajstić information content (AvgIpc) is 2.68. The lowest BCUT2D eigenvalue weighted by Crippen LogP contribution is -2.33. The Balaban J connectivity index is 0.000000159. The summed E-state index contributed by atoms with van der Waals surface area (Å²) in [6.07, 6.45) is 2.99. The summed E-state index contributed by atoms with van der Waals surface area (Å²) in [6.45, 7) is 6.19. The molecule has 0 saturated carbocycles. The fourth-order valence-electron chi connectivity index (χ4n) is 3.13. The first-order chi connectivity index (χ1) is 13.0. The highest BCUT2D eigenvalue weighted by Gasteiger charge is 2.18. The number of carbonyl (C=O) groups is 1. The molecule has 0 spiro atoms. The molecular formula is C21H24ClN3O2. The van der Waals surface area contributed by atoms with Crippen LogP contribution in [0, 0.1) is 5.92 Å². The van der Waals surface area contributed by atoms with Crippen molar-refractivity contribution in [2.45, 2.75) is 12.8 Å². The number of benzene rings is 2. The first-order valence-corrected chi connectivity index (χ1v) is 9.36. The molecule has 0 amide bonds. The van der Waals surface area contributed by atoms with E-state index in [0.717, 1.165) is 65.7 Å². The van der Waals surface area contributed by atoms with Gasteiger partial charge in [-0.3, -0.25) is 0 Å². The van der Waals surface area contributed by atoms with Crippen molar-refractivity contribution in [3.05, 3.63) is 59.8 Å². The van der Waals surface area contributed by atoms with Gasteiger partial charge >= 0.3 is 0 Å². The van der Waals surface area contributed by atoms with E-state index in [1.165, 1.54) is 0 Å². The van der Waals surface area contributed by atoms with Gasteiger partial charge in [-0.15, -0.1) is 0 Å². The highest BCUT2D eigenvalue weighted by Crippen LogP contribution is 2.31. The standard InChI is InChI=1S/C12H14ClNO.C9H10N2O/c13-11-2-1-3-12(8-11)14-6-4-10(9-15)5-7-14;1-6-5-12-9-3-2-7(10)4-8(9)11-6/h1-3,8-10H,4-7H2;2-4,11H,1,5,10H2. The predicted octanol–water partition coefficient (Wildman–Crippen LogP) is 4.34. The number of fused-ring (bicyclic) bond motifs is 1. The van der Waals surface area contributed by atoms with E-state index >= 15 is 0 Å². The zero-order valence-corrected chi connectivity index (χ0v) is 15.9. The Morgan fingerprint density at radius 1 is 1.22 bits per heavy atom. The van der Waals surface area contributed by atoms with Gasteiger partial charge in [0.05, 0.1) is 5.69 Å². The summed E-state index contributed by atoms with van der Waals surface area (Å²) in [5.41, 5.74) is 9.23. The third kappa shape index (κ3) is 5.17. The highest BCUT2D eigenvalue weighted by molar-refractivity contribution is 6.30. The molecule has 2 aliphatic rings. The maximum atomic E-state index is 10.6. The minimum Gasteiger partial charge on any atom is -0.485 e. The van der Waals surface area contributed by atoms with Crippen LogP contribution in [0.2, 0.25) is 5.02 Å². The normalized spacial score (nSPS) is 16.3. The minimum absolute atomic E-state index is 0.250. The second kappa shape index (κ2) is 8.82. The first-order valence-electron chi connectivity index (χ1n) is 8.98. The van der Waals surface area contributed by atoms with E-state index in [2.05, 4.69) is 22.9 Å². The van der Waals surface area contributed by atoms with Crippen LogP contribution in [-0.4, -0.2) is 26.0 Å². The van der Waals surface area contributed by atoms with Gasteiger partial charge in [-0.05, 0) is 49.2 Å². The summed E-state index contributed by atoms with van der Waals surface area (Å²) in [7, 11) is 0. The molecule has 2 aliphatic heterocycles. The summed E-state index contributed by atoms with van der Waals surface area (Å²) in [6, 6.07) is 13.4. The molecule has 2 aromatic rings. The van der Waals surface area contributed by atoms with Crippen molar-refractivity contribution in [2.75, 3.05) is 35.6 Å². The third-order valence-electron chi connectivity index (χ3n) is 4.62. The molecule has 1 saturated heterocycles. The fraction of sp³-hybridized carbons (Fsp3) is 0.286. The van der Waals surface area contributed by atoms with Gasteiger partial charge < -0.3 is 25.5 Å². The summed E-state index contributed by atoms with van der Waals surface area (Å²) < 4.78 is 5.37. The molecule has 0 bridgehead atoms. The van der Waals surface area contributed by atoms with Gasteiger partial charge in [-0.1, -0.05) is 24.2 Å². The molecule has 0 aliphatic carbocycles. The van der Waals surface area contributed by atoms with Crippen LogP contribution in [0.15, 0.2) is 54.7 Å². The number of rotatable bonds is 2. The molecule has 0 atom stereocenters. The maximum Gasteiger partial charge on any atom is 0.143 e. The number of aldehydes is 1. The Morgan fingerprint density at radius 3 is 2.70 bits per heavy atom. The SMILES string of the molecule is C=C1COc2ccc(N)cc2N1.O=CC1CCN(c2cccc(Cl)c2)CC1. The molecule has 0 unspecified atom stereocenters. The van der Waals surface area contributed by atoms with Crippen molar-refractivity contribution in [3.63, 3.8) is 0 Å². The van der Waals surface area contributed by atoms with Crippen LogP contribution in [0.1, 0.15) is 12.8 Å². The van der Waals surface area contributed by atoms with Gasteiger partial charge in [-0.25, -0.2) is 0 Å². The Bertz CT molecular complexity index is 817. The van der Waals surface area contributed by atoms with Gasteiger partial charge in [0, 0.05) is 41.1 Å². The highest BCUT2D eigenvalue weighted by atomic mass is 35.5. The van der Waals surface area contributed by atoms with E-state index in [4.69, 9.17) is 22.1 Å². The molecule has 4 rings (SSSR count). The predicted molar refractivity (Wildman–Crippen MR) is 112 cm³/mol. The Kier molecular flexibility index (Phi) is 6.24. The van der Waals surface area contributed by atoms with Gasteiger partial charge in [-0.2, -0.15) is 0 Å².